The Bertz CT molecular complexity index is 1030. The molecular weight excluding hydrogens is 396 g/mol. The molecule has 29 heavy (non-hydrogen) atoms. The number of nitrogens with zero attached hydrogens (tertiary/aromatic N) is 1. The summed E-state index contributed by atoms with van der Waals surface area (Å²) >= 11 is 0. The van der Waals surface area contributed by atoms with Gasteiger partial charge in [-0.15, -0.1) is 0 Å². The van der Waals surface area contributed by atoms with Crippen molar-refractivity contribution in [2.24, 2.45) is 0 Å². The molecule has 1 aliphatic heterocycles. The normalized spacial score (nSPS) is 12.8. The lowest BCUT2D eigenvalue weighted by molar-refractivity contribution is -0.145. The van der Waals surface area contributed by atoms with Crippen LogP contribution < -0.4 is 14.2 Å². The molecule has 0 unspecified atom stereocenters. The molecule has 3 rings (SSSR count). The van der Waals surface area contributed by atoms with Crippen LogP contribution in [0.15, 0.2) is 47.4 Å². The summed E-state index contributed by atoms with van der Waals surface area (Å²) in [6.45, 7) is 0.955. The van der Waals surface area contributed by atoms with Gasteiger partial charge < -0.3 is 14.2 Å². The van der Waals surface area contributed by atoms with Gasteiger partial charge in [0, 0.05) is 19.0 Å². The fraction of sp³-hybridized carbons (Fsp3) is 0.300. The Hall–Kier alpha value is -3.09. The SMILES string of the molecule is N#Cc1cccc(COC(=O)CCCNS(=O)(=O)c2ccc3c(c2)OCCO3)c1. The van der Waals surface area contributed by atoms with Gasteiger partial charge in [0.1, 0.15) is 19.8 Å². The Balaban J connectivity index is 1.43. The highest BCUT2D eigenvalue weighted by atomic mass is 32.2. The third-order valence-corrected chi connectivity index (χ3v) is 5.59. The predicted octanol–water partition coefficient (Wildman–Crippen LogP) is 2.13. The van der Waals surface area contributed by atoms with E-state index in [0.717, 1.165) is 5.56 Å². The van der Waals surface area contributed by atoms with Crippen molar-refractivity contribution in [1.82, 2.24) is 4.72 Å². The highest BCUT2D eigenvalue weighted by Crippen LogP contribution is 2.32. The van der Waals surface area contributed by atoms with Crippen LogP contribution in [0.1, 0.15) is 24.0 Å². The average Bonchev–Trinajstić information content (AvgIpc) is 2.75. The number of hydrogen-bond acceptors (Lipinski definition) is 7. The smallest absolute Gasteiger partial charge is 0.306 e. The second kappa shape index (κ2) is 9.41. The summed E-state index contributed by atoms with van der Waals surface area (Å²) in [5.41, 5.74) is 1.21. The van der Waals surface area contributed by atoms with Crippen molar-refractivity contribution in [2.75, 3.05) is 19.8 Å². The van der Waals surface area contributed by atoms with Crippen LogP contribution in [0, 0.1) is 11.3 Å². The van der Waals surface area contributed by atoms with Crippen molar-refractivity contribution in [3.05, 3.63) is 53.6 Å². The lowest BCUT2D eigenvalue weighted by Crippen LogP contribution is -2.25. The van der Waals surface area contributed by atoms with Gasteiger partial charge in [0.25, 0.3) is 0 Å². The second-order valence-corrected chi connectivity index (χ2v) is 8.05. The Morgan fingerprint density at radius 1 is 1.14 bits per heavy atom. The fourth-order valence-electron chi connectivity index (χ4n) is 2.68. The van der Waals surface area contributed by atoms with Gasteiger partial charge in [0.2, 0.25) is 10.0 Å². The monoisotopic (exact) mass is 416 g/mol. The summed E-state index contributed by atoms with van der Waals surface area (Å²) in [6.07, 6.45) is 0.364. The molecule has 1 aliphatic rings. The lowest BCUT2D eigenvalue weighted by Gasteiger charge is -2.18. The first-order valence-corrected chi connectivity index (χ1v) is 10.5. The quantitative estimate of drug-likeness (QED) is 0.518. The van der Waals surface area contributed by atoms with Crippen molar-refractivity contribution in [3.63, 3.8) is 0 Å². The molecule has 0 aromatic heterocycles. The first-order chi connectivity index (χ1) is 14.0. The molecule has 2 aromatic rings. The van der Waals surface area contributed by atoms with Crippen LogP contribution in [0.2, 0.25) is 0 Å². The lowest BCUT2D eigenvalue weighted by atomic mass is 10.1. The molecule has 0 bridgehead atoms. The number of sulfonamides is 1. The van der Waals surface area contributed by atoms with E-state index in [4.69, 9.17) is 19.5 Å². The zero-order valence-electron chi connectivity index (χ0n) is 15.6. The number of ether oxygens (including phenoxy) is 3. The zero-order chi connectivity index (χ0) is 20.7. The summed E-state index contributed by atoms with van der Waals surface area (Å²) in [6, 6.07) is 13.2. The number of hydrogen-bond donors (Lipinski definition) is 1. The van der Waals surface area contributed by atoms with Gasteiger partial charge >= 0.3 is 5.97 Å². The topological polar surface area (TPSA) is 115 Å². The minimum absolute atomic E-state index is 0.0667. The van der Waals surface area contributed by atoms with Gasteiger partial charge in [-0.3, -0.25) is 4.79 Å². The van der Waals surface area contributed by atoms with E-state index in [9.17, 15) is 13.2 Å². The van der Waals surface area contributed by atoms with E-state index < -0.39 is 16.0 Å². The molecule has 0 fully saturated rings. The van der Waals surface area contributed by atoms with Crippen molar-refractivity contribution in [1.29, 1.82) is 5.26 Å². The molecule has 0 saturated heterocycles. The molecule has 9 heteroatoms. The number of benzene rings is 2. The van der Waals surface area contributed by atoms with Gasteiger partial charge in [-0.25, -0.2) is 13.1 Å². The van der Waals surface area contributed by atoms with Crippen LogP contribution in [0.3, 0.4) is 0 Å². The number of esters is 1. The molecule has 1 heterocycles. The van der Waals surface area contributed by atoms with Gasteiger partial charge in [-0.2, -0.15) is 5.26 Å². The highest BCUT2D eigenvalue weighted by molar-refractivity contribution is 7.89. The van der Waals surface area contributed by atoms with E-state index in [1.54, 1.807) is 30.3 Å². The third kappa shape index (κ3) is 5.70. The second-order valence-electron chi connectivity index (χ2n) is 6.28. The van der Waals surface area contributed by atoms with E-state index >= 15 is 0 Å². The highest BCUT2D eigenvalue weighted by Gasteiger charge is 2.19. The molecule has 0 spiro atoms. The van der Waals surface area contributed by atoms with Crippen LogP contribution in [-0.2, 0) is 26.2 Å². The zero-order valence-corrected chi connectivity index (χ0v) is 16.4. The van der Waals surface area contributed by atoms with E-state index in [2.05, 4.69) is 4.72 Å². The van der Waals surface area contributed by atoms with E-state index in [1.807, 2.05) is 6.07 Å². The van der Waals surface area contributed by atoms with Gasteiger partial charge in [-0.1, -0.05) is 12.1 Å². The predicted molar refractivity (Wildman–Crippen MR) is 103 cm³/mol. The summed E-state index contributed by atoms with van der Waals surface area (Å²) in [5.74, 6) is 0.465. The largest absolute Gasteiger partial charge is 0.486 e. The molecule has 152 valence electrons. The molecule has 1 N–H and O–H groups in total. The molecule has 2 aromatic carbocycles. The number of carbonyl (C=O) groups excluding carboxylic acids is 1. The standard InChI is InChI=1S/C20H20N2O6S/c21-13-15-3-1-4-16(11-15)14-28-20(23)5-2-8-22-29(24,25)17-6-7-18-19(12-17)27-10-9-26-18/h1,3-4,6-7,11-12,22H,2,5,8-10,14H2. The Kier molecular flexibility index (Phi) is 6.69. The summed E-state index contributed by atoms with van der Waals surface area (Å²) in [4.78, 5) is 11.9. The van der Waals surface area contributed by atoms with E-state index in [-0.39, 0.29) is 24.5 Å². The van der Waals surface area contributed by atoms with Crippen LogP contribution in [0.5, 0.6) is 11.5 Å². The minimum Gasteiger partial charge on any atom is -0.486 e. The van der Waals surface area contributed by atoms with E-state index in [0.29, 0.717) is 36.7 Å². The van der Waals surface area contributed by atoms with Gasteiger partial charge in [0.15, 0.2) is 11.5 Å². The summed E-state index contributed by atoms with van der Waals surface area (Å²) < 4.78 is 43.2. The first kappa shape index (κ1) is 20.6. The summed E-state index contributed by atoms with van der Waals surface area (Å²) in [5, 5.41) is 8.86. The number of carbonyl (C=O) groups is 1. The number of fused-ring (bicyclic) bond motifs is 1. The van der Waals surface area contributed by atoms with Crippen LogP contribution in [0.25, 0.3) is 0 Å². The van der Waals surface area contributed by atoms with Crippen LogP contribution in [0.4, 0.5) is 0 Å². The number of nitrogens with one attached hydrogen (secondary N) is 1. The third-order valence-electron chi connectivity index (χ3n) is 4.13. The molecule has 0 radical (unpaired) electrons. The maximum atomic E-state index is 12.4. The van der Waals surface area contributed by atoms with Crippen LogP contribution in [-0.4, -0.2) is 34.1 Å². The number of rotatable bonds is 8. The minimum atomic E-state index is -3.72. The Morgan fingerprint density at radius 2 is 1.93 bits per heavy atom. The maximum Gasteiger partial charge on any atom is 0.306 e. The molecule has 0 aliphatic carbocycles. The Morgan fingerprint density at radius 3 is 2.72 bits per heavy atom. The molecule has 8 nitrogen and oxygen atoms in total. The van der Waals surface area contributed by atoms with Crippen LogP contribution >= 0.6 is 0 Å². The van der Waals surface area contributed by atoms with Crippen molar-refractivity contribution >= 4 is 16.0 Å². The van der Waals surface area contributed by atoms with Gasteiger partial charge in [0.05, 0.1) is 16.5 Å². The molecule has 0 atom stereocenters. The first-order valence-electron chi connectivity index (χ1n) is 9.02. The fourth-order valence-corrected chi connectivity index (χ4v) is 3.77. The van der Waals surface area contributed by atoms with E-state index in [1.165, 1.54) is 12.1 Å². The average molecular weight is 416 g/mol. The maximum absolute atomic E-state index is 12.4. The molecule has 0 saturated carbocycles. The molecule has 0 amide bonds. The van der Waals surface area contributed by atoms with Crippen molar-refractivity contribution in [3.8, 4) is 17.6 Å². The Labute approximate surface area is 169 Å². The van der Waals surface area contributed by atoms with Crippen molar-refractivity contribution < 1.29 is 27.4 Å². The number of nitriles is 1. The van der Waals surface area contributed by atoms with Crippen molar-refractivity contribution in [2.45, 2.75) is 24.3 Å². The summed E-state index contributed by atoms with van der Waals surface area (Å²) in [7, 11) is -3.72. The molecular formula is C20H20N2O6S. The van der Waals surface area contributed by atoms with Gasteiger partial charge in [-0.05, 0) is 36.2 Å².